The van der Waals surface area contributed by atoms with Crippen LogP contribution in [-0.2, 0) is 9.59 Å². The van der Waals surface area contributed by atoms with E-state index in [1.54, 1.807) is 0 Å². The van der Waals surface area contributed by atoms with Crippen molar-refractivity contribution in [2.45, 2.75) is 57.5 Å². The lowest BCUT2D eigenvalue weighted by molar-refractivity contribution is -0.147. The lowest BCUT2D eigenvalue weighted by Crippen LogP contribution is -2.31. The van der Waals surface area contributed by atoms with Crippen LogP contribution < -0.4 is 5.32 Å². The largest absolute Gasteiger partial charge is 0.479 e. The highest BCUT2D eigenvalue weighted by molar-refractivity contribution is 5.76. The number of hydrogen-bond acceptors (Lipinski definition) is 3. The highest BCUT2D eigenvalue weighted by Gasteiger charge is 2.17. The van der Waals surface area contributed by atoms with Gasteiger partial charge in [-0.2, -0.15) is 0 Å². The molecule has 5 heteroatoms. The first kappa shape index (κ1) is 15.0. The molecule has 1 unspecified atom stereocenters. The van der Waals surface area contributed by atoms with Crippen molar-refractivity contribution in [3.05, 3.63) is 0 Å². The van der Waals surface area contributed by atoms with Crippen LogP contribution in [0.4, 0.5) is 0 Å². The Bertz CT molecular complexity index is 272. The highest BCUT2D eigenvalue weighted by Crippen LogP contribution is 2.25. The van der Waals surface area contributed by atoms with Gasteiger partial charge in [0.1, 0.15) is 0 Å². The van der Waals surface area contributed by atoms with Gasteiger partial charge in [-0.1, -0.05) is 25.7 Å². The van der Waals surface area contributed by atoms with E-state index < -0.39 is 12.1 Å². The van der Waals surface area contributed by atoms with Crippen molar-refractivity contribution in [2.75, 3.05) is 6.54 Å². The fourth-order valence-electron chi connectivity index (χ4n) is 2.37. The van der Waals surface area contributed by atoms with Crippen LogP contribution in [0.3, 0.4) is 0 Å². The number of carbonyl (C=O) groups is 2. The lowest BCUT2D eigenvalue weighted by atomic mass is 9.96. The number of rotatable bonds is 6. The topological polar surface area (TPSA) is 86.6 Å². The molecule has 1 aliphatic rings. The second-order valence-corrected chi connectivity index (χ2v) is 5.05. The van der Waals surface area contributed by atoms with Crippen molar-refractivity contribution in [1.29, 1.82) is 0 Å². The molecule has 1 amide bonds. The van der Waals surface area contributed by atoms with Crippen LogP contribution in [0, 0.1) is 5.92 Å². The van der Waals surface area contributed by atoms with Gasteiger partial charge in [0.05, 0.1) is 0 Å². The summed E-state index contributed by atoms with van der Waals surface area (Å²) in [4.78, 5) is 22.0. The van der Waals surface area contributed by atoms with E-state index in [1.165, 1.54) is 25.7 Å². The molecule has 3 N–H and O–H groups in total. The van der Waals surface area contributed by atoms with Crippen molar-refractivity contribution < 1.29 is 19.8 Å². The molecule has 0 aromatic rings. The van der Waals surface area contributed by atoms with E-state index in [0.29, 0.717) is 12.3 Å². The highest BCUT2D eigenvalue weighted by atomic mass is 16.4. The molecule has 18 heavy (non-hydrogen) atoms. The number of amides is 1. The van der Waals surface area contributed by atoms with Crippen molar-refractivity contribution >= 4 is 11.9 Å². The van der Waals surface area contributed by atoms with Crippen LogP contribution in [0.2, 0.25) is 0 Å². The van der Waals surface area contributed by atoms with E-state index in [-0.39, 0.29) is 18.9 Å². The number of aliphatic hydroxyl groups is 1. The molecule has 1 fully saturated rings. The Morgan fingerprint density at radius 3 is 2.33 bits per heavy atom. The smallest absolute Gasteiger partial charge is 0.332 e. The van der Waals surface area contributed by atoms with Crippen LogP contribution >= 0.6 is 0 Å². The minimum atomic E-state index is -1.39. The fourth-order valence-corrected chi connectivity index (χ4v) is 2.37. The molecular weight excluding hydrogens is 234 g/mol. The molecule has 0 aromatic carbocycles. The Kier molecular flexibility index (Phi) is 6.72. The second-order valence-electron chi connectivity index (χ2n) is 5.05. The van der Waals surface area contributed by atoms with Gasteiger partial charge in [-0.3, -0.25) is 4.79 Å². The van der Waals surface area contributed by atoms with E-state index >= 15 is 0 Å². The standard InChI is InChI=1S/C13H23NO4/c15-11(13(17)18)7-8-14-12(16)9-10-5-3-1-2-4-6-10/h10-11,15H,1-9H2,(H,14,16)(H,17,18). The first-order valence-electron chi connectivity index (χ1n) is 6.77. The van der Waals surface area contributed by atoms with Gasteiger partial charge in [-0.25, -0.2) is 4.79 Å². The third-order valence-corrected chi connectivity index (χ3v) is 3.47. The van der Waals surface area contributed by atoms with Gasteiger partial charge in [0.25, 0.3) is 0 Å². The van der Waals surface area contributed by atoms with Crippen molar-refractivity contribution in [3.8, 4) is 0 Å². The second kappa shape index (κ2) is 8.08. The Morgan fingerprint density at radius 2 is 1.78 bits per heavy atom. The number of aliphatic hydroxyl groups excluding tert-OH is 1. The molecule has 0 heterocycles. The molecule has 1 atom stereocenters. The Morgan fingerprint density at radius 1 is 1.17 bits per heavy atom. The lowest BCUT2D eigenvalue weighted by Gasteiger charge is -2.14. The molecule has 0 aromatic heterocycles. The van der Waals surface area contributed by atoms with Gasteiger partial charge in [0, 0.05) is 19.4 Å². The minimum absolute atomic E-state index is 0.0283. The summed E-state index contributed by atoms with van der Waals surface area (Å²) in [7, 11) is 0. The average molecular weight is 257 g/mol. The van der Waals surface area contributed by atoms with Crippen LogP contribution in [-0.4, -0.2) is 34.7 Å². The summed E-state index contributed by atoms with van der Waals surface area (Å²) in [6.07, 6.45) is 6.38. The van der Waals surface area contributed by atoms with Crippen molar-refractivity contribution in [1.82, 2.24) is 5.32 Å². The van der Waals surface area contributed by atoms with Gasteiger partial charge in [-0.05, 0) is 18.8 Å². The summed E-state index contributed by atoms with van der Waals surface area (Å²) in [5.74, 6) is -0.801. The maximum atomic E-state index is 11.6. The molecule has 1 saturated carbocycles. The van der Waals surface area contributed by atoms with E-state index in [1.807, 2.05) is 0 Å². The molecule has 0 radical (unpaired) electrons. The summed E-state index contributed by atoms with van der Waals surface area (Å²) in [5, 5.41) is 20.2. The first-order chi connectivity index (χ1) is 8.59. The van der Waals surface area contributed by atoms with Gasteiger partial charge in [0.15, 0.2) is 6.10 Å². The third-order valence-electron chi connectivity index (χ3n) is 3.47. The number of carboxylic acid groups (broad SMARTS) is 1. The van der Waals surface area contributed by atoms with Crippen molar-refractivity contribution in [3.63, 3.8) is 0 Å². The van der Waals surface area contributed by atoms with E-state index in [0.717, 1.165) is 12.8 Å². The SMILES string of the molecule is O=C(CC1CCCCCC1)NCCC(O)C(=O)O. The van der Waals surface area contributed by atoms with Gasteiger partial charge < -0.3 is 15.5 Å². The molecule has 5 nitrogen and oxygen atoms in total. The number of carboxylic acids is 1. The zero-order valence-corrected chi connectivity index (χ0v) is 10.7. The fraction of sp³-hybridized carbons (Fsp3) is 0.846. The summed E-state index contributed by atoms with van der Waals surface area (Å²) in [5.41, 5.74) is 0. The summed E-state index contributed by atoms with van der Waals surface area (Å²) in [6, 6.07) is 0. The quantitative estimate of drug-likeness (QED) is 0.626. The first-order valence-corrected chi connectivity index (χ1v) is 6.77. The van der Waals surface area contributed by atoms with Crippen molar-refractivity contribution in [2.24, 2.45) is 5.92 Å². The van der Waals surface area contributed by atoms with Gasteiger partial charge >= 0.3 is 5.97 Å². The zero-order chi connectivity index (χ0) is 13.4. The normalized spacial score (nSPS) is 18.9. The number of carbonyl (C=O) groups excluding carboxylic acids is 1. The monoisotopic (exact) mass is 257 g/mol. The third kappa shape index (κ3) is 6.00. The molecule has 1 rings (SSSR count). The minimum Gasteiger partial charge on any atom is -0.479 e. The van der Waals surface area contributed by atoms with Gasteiger partial charge in [-0.15, -0.1) is 0 Å². The van der Waals surface area contributed by atoms with E-state index in [2.05, 4.69) is 5.32 Å². The maximum absolute atomic E-state index is 11.6. The molecule has 0 spiro atoms. The number of hydrogen-bond donors (Lipinski definition) is 3. The molecule has 0 saturated heterocycles. The van der Waals surface area contributed by atoms with Crippen LogP contribution in [0.15, 0.2) is 0 Å². The predicted molar refractivity (Wildman–Crippen MR) is 67.1 cm³/mol. The molecule has 1 aliphatic carbocycles. The van der Waals surface area contributed by atoms with Crippen LogP contribution in [0.1, 0.15) is 51.4 Å². The Hall–Kier alpha value is -1.10. The average Bonchev–Trinajstić information content (AvgIpc) is 2.57. The zero-order valence-electron chi connectivity index (χ0n) is 10.7. The number of nitrogens with one attached hydrogen (secondary N) is 1. The summed E-state index contributed by atoms with van der Waals surface area (Å²) in [6.45, 7) is 0.221. The molecular formula is C13H23NO4. The molecule has 0 aliphatic heterocycles. The predicted octanol–water partition coefficient (Wildman–Crippen LogP) is 1.30. The summed E-state index contributed by atoms with van der Waals surface area (Å²) < 4.78 is 0. The van der Waals surface area contributed by atoms with E-state index in [9.17, 15) is 9.59 Å². The van der Waals surface area contributed by atoms with Crippen LogP contribution in [0.25, 0.3) is 0 Å². The van der Waals surface area contributed by atoms with E-state index in [4.69, 9.17) is 10.2 Å². The number of aliphatic carboxylic acids is 1. The molecule has 104 valence electrons. The Balaban J connectivity index is 2.14. The van der Waals surface area contributed by atoms with Crippen LogP contribution in [0.5, 0.6) is 0 Å². The Labute approximate surface area is 108 Å². The maximum Gasteiger partial charge on any atom is 0.332 e. The molecule has 0 bridgehead atoms. The summed E-state index contributed by atoms with van der Waals surface area (Å²) >= 11 is 0. The van der Waals surface area contributed by atoms with Gasteiger partial charge in [0.2, 0.25) is 5.91 Å².